The molecule has 0 spiro atoms. The maximum Gasteiger partial charge on any atom is 0.294 e. The van der Waals surface area contributed by atoms with Crippen LogP contribution in [0.5, 0.6) is 0 Å². The van der Waals surface area contributed by atoms with Crippen LogP contribution in [0.25, 0.3) is 10.2 Å². The Morgan fingerprint density at radius 3 is 2.74 bits per heavy atom. The number of terminal acetylenes is 1. The van der Waals surface area contributed by atoms with Gasteiger partial charge in [-0.3, -0.25) is 0 Å². The largest absolute Gasteiger partial charge is 0.304 e. The van der Waals surface area contributed by atoms with Gasteiger partial charge >= 0.3 is 0 Å². The highest BCUT2D eigenvalue weighted by Gasteiger charge is 2.17. The molecule has 0 aliphatic carbocycles. The van der Waals surface area contributed by atoms with Crippen molar-refractivity contribution >= 4 is 54.5 Å². The summed E-state index contributed by atoms with van der Waals surface area (Å²) in [7, 11) is -3.90. The Kier molecular flexibility index (Phi) is 4.29. The van der Waals surface area contributed by atoms with Crippen molar-refractivity contribution in [2.45, 2.75) is 10.8 Å². The SMILES string of the molecule is C#CCn1/c(=N/S(=O)(=O)c2ccc(Cl)s2)sc2cc(F)ccc21. The minimum absolute atomic E-state index is 0.0402. The lowest BCUT2D eigenvalue weighted by Crippen LogP contribution is -2.16. The first-order chi connectivity index (χ1) is 10.9. The van der Waals surface area contributed by atoms with Crippen LogP contribution in [0.1, 0.15) is 0 Å². The van der Waals surface area contributed by atoms with Crippen molar-refractivity contribution in [2.24, 2.45) is 4.40 Å². The summed E-state index contributed by atoms with van der Waals surface area (Å²) < 4.78 is 44.5. The van der Waals surface area contributed by atoms with Gasteiger partial charge in [0.25, 0.3) is 10.0 Å². The number of hydrogen-bond acceptors (Lipinski definition) is 4. The number of benzene rings is 1. The predicted octanol–water partition coefficient (Wildman–Crippen LogP) is 3.48. The van der Waals surface area contributed by atoms with E-state index in [1.54, 1.807) is 10.6 Å². The fourth-order valence-corrected chi connectivity index (χ4v) is 5.66. The lowest BCUT2D eigenvalue weighted by atomic mass is 10.3. The van der Waals surface area contributed by atoms with Crippen molar-refractivity contribution in [3.63, 3.8) is 0 Å². The Morgan fingerprint density at radius 2 is 2.09 bits per heavy atom. The van der Waals surface area contributed by atoms with Crippen LogP contribution in [0, 0.1) is 18.2 Å². The quantitative estimate of drug-likeness (QED) is 0.647. The van der Waals surface area contributed by atoms with Gasteiger partial charge in [0.05, 0.1) is 21.1 Å². The Balaban J connectivity index is 2.26. The number of halogens is 2. The van der Waals surface area contributed by atoms with Crippen molar-refractivity contribution in [3.05, 3.63) is 45.3 Å². The van der Waals surface area contributed by atoms with Gasteiger partial charge < -0.3 is 4.57 Å². The van der Waals surface area contributed by atoms with E-state index in [2.05, 4.69) is 10.3 Å². The normalized spacial score (nSPS) is 12.7. The second kappa shape index (κ2) is 6.09. The molecule has 2 aromatic heterocycles. The van der Waals surface area contributed by atoms with E-state index < -0.39 is 15.8 Å². The molecule has 0 N–H and O–H groups in total. The van der Waals surface area contributed by atoms with E-state index in [4.69, 9.17) is 18.0 Å². The van der Waals surface area contributed by atoms with E-state index in [9.17, 15) is 12.8 Å². The molecule has 2 heterocycles. The first-order valence-corrected chi connectivity index (χ1v) is 9.64. The molecule has 118 valence electrons. The molecule has 0 aliphatic rings. The molecular formula is C14H8ClFN2O2S3. The monoisotopic (exact) mass is 386 g/mol. The number of thiophene rings is 1. The van der Waals surface area contributed by atoms with Crippen molar-refractivity contribution < 1.29 is 12.8 Å². The number of thiazole rings is 1. The first kappa shape index (κ1) is 16.2. The van der Waals surface area contributed by atoms with E-state index in [0.29, 0.717) is 14.6 Å². The van der Waals surface area contributed by atoms with Gasteiger partial charge in [0.2, 0.25) is 4.80 Å². The molecule has 3 aromatic rings. The third-order valence-corrected chi connectivity index (χ3v) is 7.02. The summed E-state index contributed by atoms with van der Waals surface area (Å²) >= 11 is 7.75. The van der Waals surface area contributed by atoms with Gasteiger partial charge in [-0.05, 0) is 30.3 Å². The number of sulfonamides is 1. The van der Waals surface area contributed by atoms with Crippen molar-refractivity contribution in [1.82, 2.24) is 4.57 Å². The van der Waals surface area contributed by atoms with Crippen LogP contribution < -0.4 is 4.80 Å². The molecule has 0 atom stereocenters. The minimum atomic E-state index is -3.90. The second-order valence-corrected chi connectivity index (χ2v) is 8.97. The molecule has 0 aliphatic heterocycles. The topological polar surface area (TPSA) is 51.4 Å². The van der Waals surface area contributed by atoms with Crippen LogP contribution in [0.4, 0.5) is 4.39 Å². The van der Waals surface area contributed by atoms with Gasteiger partial charge in [-0.1, -0.05) is 28.9 Å². The molecule has 0 unspecified atom stereocenters. The van der Waals surface area contributed by atoms with E-state index in [0.717, 1.165) is 22.7 Å². The van der Waals surface area contributed by atoms with Gasteiger partial charge in [-0.15, -0.1) is 22.2 Å². The lowest BCUT2D eigenvalue weighted by molar-refractivity contribution is 0.598. The molecular weight excluding hydrogens is 379 g/mol. The fraction of sp³-hybridized carbons (Fsp3) is 0.0714. The summed E-state index contributed by atoms with van der Waals surface area (Å²) in [6.45, 7) is 0.130. The van der Waals surface area contributed by atoms with Crippen LogP contribution >= 0.6 is 34.3 Å². The molecule has 0 radical (unpaired) electrons. The standard InChI is InChI=1S/C14H8ClFN2O2S3/c1-2-7-18-10-4-3-9(16)8-11(10)21-14(18)17-23(19,20)13-6-5-12(15)22-13/h1,3-6,8H,7H2/b17-14-. The zero-order valence-corrected chi connectivity index (χ0v) is 14.6. The first-order valence-electron chi connectivity index (χ1n) is 6.19. The number of fused-ring (bicyclic) bond motifs is 1. The van der Waals surface area contributed by atoms with Crippen molar-refractivity contribution in [1.29, 1.82) is 0 Å². The second-order valence-electron chi connectivity index (χ2n) is 4.41. The van der Waals surface area contributed by atoms with Crippen LogP contribution in [0.15, 0.2) is 38.9 Å². The molecule has 0 saturated carbocycles. The van der Waals surface area contributed by atoms with Gasteiger partial charge in [-0.25, -0.2) is 4.39 Å². The molecule has 1 aromatic carbocycles. The van der Waals surface area contributed by atoms with Crippen LogP contribution in [-0.2, 0) is 16.6 Å². The van der Waals surface area contributed by atoms with E-state index >= 15 is 0 Å². The van der Waals surface area contributed by atoms with Crippen molar-refractivity contribution in [2.75, 3.05) is 0 Å². The van der Waals surface area contributed by atoms with Gasteiger partial charge in [0.15, 0.2) is 0 Å². The Hall–Kier alpha value is -1.66. The molecule has 0 saturated heterocycles. The number of rotatable bonds is 3. The third-order valence-electron chi connectivity index (χ3n) is 2.90. The predicted molar refractivity (Wildman–Crippen MR) is 90.7 cm³/mol. The highest BCUT2D eigenvalue weighted by atomic mass is 35.5. The Bertz CT molecular complexity index is 1100. The van der Waals surface area contributed by atoms with Crippen LogP contribution in [0.3, 0.4) is 0 Å². The molecule has 0 bridgehead atoms. The van der Waals surface area contributed by atoms with Crippen LogP contribution in [0.2, 0.25) is 4.34 Å². The summed E-state index contributed by atoms with van der Waals surface area (Å²) in [5, 5.41) is 0. The lowest BCUT2D eigenvalue weighted by Gasteiger charge is -1.99. The summed E-state index contributed by atoms with van der Waals surface area (Å²) in [4.78, 5) is 0.188. The number of nitrogens with zero attached hydrogens (tertiary/aromatic N) is 2. The average Bonchev–Trinajstić information content (AvgIpc) is 3.04. The zero-order valence-electron chi connectivity index (χ0n) is 11.4. The van der Waals surface area contributed by atoms with Gasteiger partial charge in [0.1, 0.15) is 10.0 Å². The smallest absolute Gasteiger partial charge is 0.294 e. The maximum absolute atomic E-state index is 13.4. The van der Waals surface area contributed by atoms with E-state index in [1.807, 2.05) is 0 Å². The third kappa shape index (κ3) is 3.19. The number of aromatic nitrogens is 1. The molecule has 0 amide bonds. The van der Waals surface area contributed by atoms with E-state index in [1.165, 1.54) is 24.3 Å². The molecule has 4 nitrogen and oxygen atoms in total. The summed E-state index contributed by atoms with van der Waals surface area (Å²) in [6.07, 6.45) is 5.34. The zero-order chi connectivity index (χ0) is 16.6. The molecule has 9 heteroatoms. The molecule has 23 heavy (non-hydrogen) atoms. The van der Waals surface area contributed by atoms with Gasteiger partial charge in [-0.2, -0.15) is 8.42 Å². The Labute approximate surface area is 144 Å². The van der Waals surface area contributed by atoms with Crippen LogP contribution in [-0.4, -0.2) is 13.0 Å². The Morgan fingerprint density at radius 1 is 1.30 bits per heavy atom. The summed E-state index contributed by atoms with van der Waals surface area (Å²) in [5.74, 6) is 2.04. The molecule has 3 rings (SSSR count). The fourth-order valence-electron chi connectivity index (χ4n) is 1.95. The van der Waals surface area contributed by atoms with Gasteiger partial charge in [0, 0.05) is 0 Å². The summed E-state index contributed by atoms with van der Waals surface area (Å²) in [6, 6.07) is 7.04. The highest BCUT2D eigenvalue weighted by molar-refractivity contribution is 7.92. The molecule has 0 fully saturated rings. The highest BCUT2D eigenvalue weighted by Crippen LogP contribution is 2.27. The van der Waals surface area contributed by atoms with Crippen molar-refractivity contribution in [3.8, 4) is 12.3 Å². The summed E-state index contributed by atoms with van der Waals surface area (Å²) in [5.41, 5.74) is 0.632. The average molecular weight is 387 g/mol. The van der Waals surface area contributed by atoms with E-state index in [-0.39, 0.29) is 15.6 Å². The minimum Gasteiger partial charge on any atom is -0.304 e. The maximum atomic E-state index is 13.4. The number of hydrogen-bond donors (Lipinski definition) is 0.